The van der Waals surface area contributed by atoms with Gasteiger partial charge in [0.15, 0.2) is 5.82 Å². The van der Waals surface area contributed by atoms with Gasteiger partial charge in [-0.3, -0.25) is 4.79 Å². The summed E-state index contributed by atoms with van der Waals surface area (Å²) in [6, 6.07) is 3.86. The van der Waals surface area contributed by atoms with Crippen LogP contribution in [0.3, 0.4) is 0 Å². The molecular formula is C13H13F2NO5S. The maximum absolute atomic E-state index is 14.3. The number of hydrogen-bond donors (Lipinski definition) is 0. The summed E-state index contributed by atoms with van der Waals surface area (Å²) in [6.07, 6.45) is -0.203. The van der Waals surface area contributed by atoms with Crippen molar-refractivity contribution < 1.29 is 31.0 Å². The molecule has 0 radical (unpaired) electrons. The highest BCUT2D eigenvalue weighted by molar-refractivity contribution is 7.86. The Labute approximate surface area is 125 Å². The van der Waals surface area contributed by atoms with E-state index in [0.29, 0.717) is 0 Å². The van der Waals surface area contributed by atoms with Crippen LogP contribution < -0.4 is 4.90 Å². The fraction of sp³-hybridized carbons (Fsp3) is 0.385. The summed E-state index contributed by atoms with van der Waals surface area (Å²) in [7, 11) is -3.62. The molecular weight excluding hydrogens is 320 g/mol. The van der Waals surface area contributed by atoms with E-state index in [9.17, 15) is 26.3 Å². The maximum atomic E-state index is 14.3. The SMILES string of the molecule is COC(=O)c1cccc(N2CC(CS(=O)(=O)F)CC2=O)c1F. The molecule has 1 atom stereocenters. The summed E-state index contributed by atoms with van der Waals surface area (Å²) >= 11 is 0. The summed E-state index contributed by atoms with van der Waals surface area (Å²) in [5, 5.41) is 0. The molecule has 1 aliphatic heterocycles. The lowest BCUT2D eigenvalue weighted by atomic mass is 10.1. The van der Waals surface area contributed by atoms with Crippen LogP contribution in [0, 0.1) is 11.7 Å². The van der Waals surface area contributed by atoms with Gasteiger partial charge in [0.2, 0.25) is 5.91 Å². The Bertz CT molecular complexity index is 719. The third-order valence-electron chi connectivity index (χ3n) is 3.31. The number of benzene rings is 1. The normalized spacial score (nSPS) is 18.6. The first kappa shape index (κ1) is 16.3. The van der Waals surface area contributed by atoms with Crippen molar-refractivity contribution in [3.05, 3.63) is 29.6 Å². The summed E-state index contributed by atoms with van der Waals surface area (Å²) in [6.45, 7) is -0.135. The van der Waals surface area contributed by atoms with Crippen molar-refractivity contribution in [1.29, 1.82) is 0 Å². The van der Waals surface area contributed by atoms with Gasteiger partial charge in [-0.1, -0.05) is 6.07 Å². The van der Waals surface area contributed by atoms with Gasteiger partial charge in [0.25, 0.3) is 0 Å². The van der Waals surface area contributed by atoms with E-state index >= 15 is 0 Å². The molecule has 1 saturated heterocycles. The van der Waals surface area contributed by atoms with Gasteiger partial charge < -0.3 is 9.64 Å². The molecule has 1 unspecified atom stereocenters. The molecule has 9 heteroatoms. The topological polar surface area (TPSA) is 80.8 Å². The van der Waals surface area contributed by atoms with Crippen molar-refractivity contribution >= 4 is 27.8 Å². The van der Waals surface area contributed by atoms with Crippen molar-refractivity contribution in [1.82, 2.24) is 0 Å². The Kier molecular flexibility index (Phi) is 4.45. The number of carbonyl (C=O) groups is 2. The Morgan fingerprint density at radius 2 is 2.14 bits per heavy atom. The monoisotopic (exact) mass is 333 g/mol. The second-order valence-corrected chi connectivity index (χ2v) is 6.32. The Balaban J connectivity index is 2.29. The van der Waals surface area contributed by atoms with E-state index < -0.39 is 39.6 Å². The number of ether oxygens (including phenoxy) is 1. The number of methoxy groups -OCH3 is 1. The maximum Gasteiger partial charge on any atom is 0.340 e. The molecule has 1 heterocycles. The predicted molar refractivity (Wildman–Crippen MR) is 73.1 cm³/mol. The van der Waals surface area contributed by atoms with Crippen molar-refractivity contribution in [2.24, 2.45) is 5.92 Å². The largest absolute Gasteiger partial charge is 0.465 e. The first-order valence-corrected chi connectivity index (χ1v) is 7.87. The minimum Gasteiger partial charge on any atom is -0.465 e. The molecule has 22 heavy (non-hydrogen) atoms. The van der Waals surface area contributed by atoms with Crippen LogP contribution in [0.15, 0.2) is 18.2 Å². The molecule has 0 bridgehead atoms. The zero-order chi connectivity index (χ0) is 16.5. The van der Waals surface area contributed by atoms with Crippen LogP contribution in [-0.4, -0.2) is 39.7 Å². The molecule has 1 amide bonds. The first-order chi connectivity index (χ1) is 10.2. The van der Waals surface area contributed by atoms with Crippen LogP contribution in [0.25, 0.3) is 0 Å². The Morgan fingerprint density at radius 1 is 1.45 bits per heavy atom. The van der Waals surface area contributed by atoms with E-state index in [1.165, 1.54) is 18.2 Å². The van der Waals surface area contributed by atoms with Crippen molar-refractivity contribution in [2.45, 2.75) is 6.42 Å². The molecule has 0 spiro atoms. The zero-order valence-corrected chi connectivity index (χ0v) is 12.4. The fourth-order valence-electron chi connectivity index (χ4n) is 2.40. The van der Waals surface area contributed by atoms with Gasteiger partial charge in [-0.2, -0.15) is 8.42 Å². The lowest BCUT2D eigenvalue weighted by molar-refractivity contribution is -0.117. The van der Waals surface area contributed by atoms with Gasteiger partial charge in [0.05, 0.1) is 24.1 Å². The lowest BCUT2D eigenvalue weighted by Gasteiger charge is -2.18. The number of esters is 1. The molecule has 0 N–H and O–H groups in total. The lowest BCUT2D eigenvalue weighted by Crippen LogP contribution is -2.27. The number of amides is 1. The van der Waals surface area contributed by atoms with Crippen LogP contribution >= 0.6 is 0 Å². The quantitative estimate of drug-likeness (QED) is 0.612. The number of carbonyl (C=O) groups excluding carboxylic acids is 2. The smallest absolute Gasteiger partial charge is 0.340 e. The molecule has 1 aromatic carbocycles. The number of hydrogen-bond acceptors (Lipinski definition) is 5. The second-order valence-electron chi connectivity index (χ2n) is 4.91. The minimum atomic E-state index is -4.72. The van der Waals surface area contributed by atoms with Gasteiger partial charge >= 0.3 is 16.2 Å². The summed E-state index contributed by atoms with van der Waals surface area (Å²) in [5.41, 5.74) is -0.499. The van der Waals surface area contributed by atoms with Gasteiger partial charge in [0, 0.05) is 18.9 Å². The highest BCUT2D eigenvalue weighted by Gasteiger charge is 2.35. The van der Waals surface area contributed by atoms with Crippen LogP contribution in [0.5, 0.6) is 0 Å². The zero-order valence-electron chi connectivity index (χ0n) is 11.6. The molecule has 0 saturated carbocycles. The minimum absolute atomic E-state index is 0.135. The van der Waals surface area contributed by atoms with Gasteiger partial charge in [-0.05, 0) is 12.1 Å². The van der Waals surface area contributed by atoms with Crippen LogP contribution in [0.2, 0.25) is 0 Å². The summed E-state index contributed by atoms with van der Waals surface area (Å²) in [5.74, 6) is -3.92. The summed E-state index contributed by atoms with van der Waals surface area (Å²) < 4.78 is 52.8. The van der Waals surface area contributed by atoms with Crippen molar-refractivity contribution in [2.75, 3.05) is 24.3 Å². The molecule has 6 nitrogen and oxygen atoms in total. The Hall–Kier alpha value is -2.03. The van der Waals surface area contributed by atoms with E-state index in [4.69, 9.17) is 0 Å². The van der Waals surface area contributed by atoms with Gasteiger partial charge in [-0.15, -0.1) is 3.89 Å². The number of anilines is 1. The molecule has 0 aliphatic carbocycles. The van der Waals surface area contributed by atoms with Crippen LogP contribution in [0.4, 0.5) is 14.0 Å². The van der Waals surface area contributed by atoms with Crippen LogP contribution in [-0.2, 0) is 19.8 Å². The van der Waals surface area contributed by atoms with E-state index in [0.717, 1.165) is 12.0 Å². The highest BCUT2D eigenvalue weighted by Crippen LogP contribution is 2.30. The molecule has 1 aliphatic rings. The number of rotatable bonds is 4. The predicted octanol–water partition coefficient (Wildman–Crippen LogP) is 1.26. The van der Waals surface area contributed by atoms with Crippen molar-refractivity contribution in [3.63, 3.8) is 0 Å². The third kappa shape index (κ3) is 3.41. The first-order valence-electron chi connectivity index (χ1n) is 6.32. The highest BCUT2D eigenvalue weighted by atomic mass is 32.3. The number of halogens is 2. The standard InChI is InChI=1S/C13H13F2NO5S/c1-21-13(18)9-3-2-4-10(12(9)14)16-6-8(5-11(16)17)7-22(15,19)20/h2-4,8H,5-7H2,1H3. The molecule has 2 rings (SSSR count). The van der Waals surface area contributed by atoms with E-state index in [1.807, 2.05) is 0 Å². The van der Waals surface area contributed by atoms with Gasteiger partial charge in [0.1, 0.15) is 0 Å². The van der Waals surface area contributed by atoms with E-state index in [1.54, 1.807) is 0 Å². The van der Waals surface area contributed by atoms with Crippen LogP contribution in [0.1, 0.15) is 16.8 Å². The average Bonchev–Trinajstić information content (AvgIpc) is 2.76. The second kappa shape index (κ2) is 5.99. The molecule has 120 valence electrons. The molecule has 1 aromatic rings. The van der Waals surface area contributed by atoms with E-state index in [-0.39, 0.29) is 24.2 Å². The Morgan fingerprint density at radius 3 is 2.73 bits per heavy atom. The van der Waals surface area contributed by atoms with E-state index in [2.05, 4.69) is 4.74 Å². The molecule has 1 fully saturated rings. The van der Waals surface area contributed by atoms with Crippen molar-refractivity contribution in [3.8, 4) is 0 Å². The number of nitrogens with zero attached hydrogens (tertiary/aromatic N) is 1. The fourth-order valence-corrected chi connectivity index (χ4v) is 3.19. The molecule has 0 aromatic heterocycles. The van der Waals surface area contributed by atoms with Gasteiger partial charge in [-0.25, -0.2) is 9.18 Å². The third-order valence-corrected chi connectivity index (χ3v) is 4.18. The average molecular weight is 333 g/mol. The summed E-state index contributed by atoms with van der Waals surface area (Å²) in [4.78, 5) is 24.4.